The van der Waals surface area contributed by atoms with Gasteiger partial charge < -0.3 is 16.0 Å². The zero-order chi connectivity index (χ0) is 12.3. The Morgan fingerprint density at radius 1 is 1.53 bits per heavy atom. The number of aryl methyl sites for hydroxylation is 1. The van der Waals surface area contributed by atoms with E-state index >= 15 is 0 Å². The molecule has 4 N–H and O–H groups in total. The van der Waals surface area contributed by atoms with E-state index in [-0.39, 0.29) is 5.91 Å². The van der Waals surface area contributed by atoms with Crippen LogP contribution in [0.3, 0.4) is 0 Å². The third-order valence-corrected chi connectivity index (χ3v) is 2.49. The quantitative estimate of drug-likeness (QED) is 0.693. The van der Waals surface area contributed by atoms with Gasteiger partial charge in [0.15, 0.2) is 0 Å². The van der Waals surface area contributed by atoms with Crippen molar-refractivity contribution < 1.29 is 4.79 Å². The molecule has 1 aromatic heterocycles. The molecular formula is C12H14N4O. The van der Waals surface area contributed by atoms with Crippen LogP contribution in [0.25, 0.3) is 0 Å². The Kier molecular flexibility index (Phi) is 3.09. The number of aromatic amines is 1. The van der Waals surface area contributed by atoms with E-state index in [1.54, 1.807) is 30.7 Å². The van der Waals surface area contributed by atoms with Gasteiger partial charge in [-0.3, -0.25) is 4.79 Å². The van der Waals surface area contributed by atoms with Crippen molar-refractivity contribution in [2.24, 2.45) is 0 Å². The summed E-state index contributed by atoms with van der Waals surface area (Å²) in [6.45, 7) is 2.30. The van der Waals surface area contributed by atoms with Crippen molar-refractivity contribution in [3.8, 4) is 0 Å². The van der Waals surface area contributed by atoms with E-state index in [0.717, 1.165) is 11.3 Å². The summed E-state index contributed by atoms with van der Waals surface area (Å²) < 4.78 is 0. The molecule has 88 valence electrons. The number of nitrogens with two attached hydrogens (primary N) is 1. The van der Waals surface area contributed by atoms with E-state index in [4.69, 9.17) is 5.73 Å². The molecule has 5 heteroatoms. The number of aromatic nitrogens is 2. The Bertz CT molecular complexity index is 519. The zero-order valence-corrected chi connectivity index (χ0v) is 9.53. The smallest absolute Gasteiger partial charge is 0.251 e. The molecule has 2 aromatic rings. The van der Waals surface area contributed by atoms with E-state index in [2.05, 4.69) is 15.3 Å². The van der Waals surface area contributed by atoms with Crippen LogP contribution in [0, 0.1) is 6.92 Å². The summed E-state index contributed by atoms with van der Waals surface area (Å²) in [5, 5.41) is 2.81. The number of nitrogens with zero attached hydrogens (tertiary/aromatic N) is 1. The molecule has 0 aliphatic heterocycles. The highest BCUT2D eigenvalue weighted by Crippen LogP contribution is 2.12. The first-order chi connectivity index (χ1) is 8.16. The predicted octanol–water partition coefficient (Wildman–Crippen LogP) is 1.23. The summed E-state index contributed by atoms with van der Waals surface area (Å²) in [4.78, 5) is 18.7. The van der Waals surface area contributed by atoms with Gasteiger partial charge in [0.1, 0.15) is 0 Å². The maximum Gasteiger partial charge on any atom is 0.251 e. The van der Waals surface area contributed by atoms with E-state index < -0.39 is 0 Å². The van der Waals surface area contributed by atoms with Crippen LogP contribution in [-0.4, -0.2) is 15.9 Å². The highest BCUT2D eigenvalue weighted by Gasteiger charge is 2.08. The van der Waals surface area contributed by atoms with Gasteiger partial charge in [0.2, 0.25) is 0 Å². The molecule has 0 saturated carbocycles. The average Bonchev–Trinajstić information content (AvgIpc) is 2.78. The van der Waals surface area contributed by atoms with Crippen LogP contribution in [0.2, 0.25) is 0 Å². The molecule has 0 aliphatic carbocycles. The number of hydrogen-bond acceptors (Lipinski definition) is 3. The summed E-state index contributed by atoms with van der Waals surface area (Å²) in [6, 6.07) is 5.23. The normalized spacial score (nSPS) is 10.2. The molecular weight excluding hydrogens is 216 g/mol. The van der Waals surface area contributed by atoms with Gasteiger partial charge >= 0.3 is 0 Å². The second-order valence-corrected chi connectivity index (χ2v) is 3.83. The number of rotatable bonds is 3. The topological polar surface area (TPSA) is 83.8 Å². The van der Waals surface area contributed by atoms with Crippen molar-refractivity contribution in [3.05, 3.63) is 47.5 Å². The molecule has 17 heavy (non-hydrogen) atoms. The number of anilines is 1. The van der Waals surface area contributed by atoms with Crippen LogP contribution in [0.1, 0.15) is 21.6 Å². The maximum absolute atomic E-state index is 11.9. The van der Waals surface area contributed by atoms with E-state index in [0.29, 0.717) is 17.8 Å². The Labute approximate surface area is 99.1 Å². The minimum atomic E-state index is -0.114. The molecule has 0 atom stereocenters. The molecule has 1 aromatic carbocycles. The van der Waals surface area contributed by atoms with Gasteiger partial charge in [-0.15, -0.1) is 0 Å². The van der Waals surface area contributed by atoms with Crippen LogP contribution in [0.4, 0.5) is 5.69 Å². The highest BCUT2D eigenvalue weighted by atomic mass is 16.1. The van der Waals surface area contributed by atoms with Gasteiger partial charge in [-0.25, -0.2) is 4.98 Å². The molecule has 0 saturated heterocycles. The lowest BCUT2D eigenvalue weighted by Gasteiger charge is -2.07. The highest BCUT2D eigenvalue weighted by molar-refractivity contribution is 5.95. The van der Waals surface area contributed by atoms with E-state index in [9.17, 15) is 4.79 Å². The van der Waals surface area contributed by atoms with Crippen molar-refractivity contribution in [2.75, 3.05) is 5.73 Å². The van der Waals surface area contributed by atoms with E-state index in [1.165, 1.54) is 0 Å². The van der Waals surface area contributed by atoms with Crippen molar-refractivity contribution in [1.82, 2.24) is 15.3 Å². The second-order valence-electron chi connectivity index (χ2n) is 3.83. The number of amides is 1. The minimum absolute atomic E-state index is 0.114. The fourth-order valence-electron chi connectivity index (χ4n) is 1.59. The number of H-pyrrole nitrogens is 1. The standard InChI is InChI=1S/C12H14N4O/c1-8-4-9(13)2-3-11(8)12(17)15-6-10-5-14-7-16-10/h2-5,7H,6,13H2,1H3,(H,14,16)(H,15,17). The van der Waals surface area contributed by atoms with Crippen molar-refractivity contribution in [2.45, 2.75) is 13.5 Å². The largest absolute Gasteiger partial charge is 0.399 e. The van der Waals surface area contributed by atoms with Gasteiger partial charge in [-0.05, 0) is 30.7 Å². The first-order valence-corrected chi connectivity index (χ1v) is 5.28. The monoisotopic (exact) mass is 230 g/mol. The number of imidazole rings is 1. The van der Waals surface area contributed by atoms with Crippen molar-refractivity contribution >= 4 is 11.6 Å². The number of hydrogen-bond donors (Lipinski definition) is 3. The first-order valence-electron chi connectivity index (χ1n) is 5.28. The number of carbonyl (C=O) groups excluding carboxylic acids is 1. The molecule has 0 aliphatic rings. The SMILES string of the molecule is Cc1cc(N)ccc1C(=O)NCc1cnc[nH]1. The second kappa shape index (κ2) is 4.69. The zero-order valence-electron chi connectivity index (χ0n) is 9.53. The van der Waals surface area contributed by atoms with Gasteiger partial charge in [-0.2, -0.15) is 0 Å². The van der Waals surface area contributed by atoms with Crippen molar-refractivity contribution in [3.63, 3.8) is 0 Å². The maximum atomic E-state index is 11.9. The lowest BCUT2D eigenvalue weighted by Crippen LogP contribution is -2.23. The summed E-state index contributed by atoms with van der Waals surface area (Å²) in [7, 11) is 0. The lowest BCUT2D eigenvalue weighted by molar-refractivity contribution is 0.0950. The molecule has 1 amide bonds. The van der Waals surface area contributed by atoms with Gasteiger partial charge in [0, 0.05) is 17.4 Å². The first kappa shape index (κ1) is 11.2. The van der Waals surface area contributed by atoms with Crippen LogP contribution in [0.5, 0.6) is 0 Å². The Hall–Kier alpha value is -2.30. The number of carbonyl (C=O) groups is 1. The van der Waals surface area contributed by atoms with Crippen LogP contribution >= 0.6 is 0 Å². The fourth-order valence-corrected chi connectivity index (χ4v) is 1.59. The van der Waals surface area contributed by atoms with Gasteiger partial charge in [0.05, 0.1) is 18.6 Å². The predicted molar refractivity (Wildman–Crippen MR) is 65.3 cm³/mol. The summed E-state index contributed by atoms with van der Waals surface area (Å²) >= 11 is 0. The van der Waals surface area contributed by atoms with E-state index in [1.807, 2.05) is 6.92 Å². The molecule has 2 rings (SSSR count). The molecule has 0 fully saturated rings. The third-order valence-electron chi connectivity index (χ3n) is 2.49. The molecule has 0 bridgehead atoms. The number of benzene rings is 1. The number of nitrogens with one attached hydrogen (secondary N) is 2. The Balaban J connectivity index is 2.04. The summed E-state index contributed by atoms with van der Waals surface area (Å²) in [5.41, 5.74) is 8.67. The Morgan fingerprint density at radius 3 is 3.00 bits per heavy atom. The molecule has 0 unspecified atom stereocenters. The minimum Gasteiger partial charge on any atom is -0.399 e. The molecule has 1 heterocycles. The molecule has 0 radical (unpaired) electrons. The van der Waals surface area contributed by atoms with Crippen LogP contribution in [-0.2, 0) is 6.54 Å². The molecule has 5 nitrogen and oxygen atoms in total. The lowest BCUT2D eigenvalue weighted by atomic mass is 10.1. The van der Waals surface area contributed by atoms with Crippen molar-refractivity contribution in [1.29, 1.82) is 0 Å². The van der Waals surface area contributed by atoms with Gasteiger partial charge in [0.25, 0.3) is 5.91 Å². The molecule has 0 spiro atoms. The average molecular weight is 230 g/mol. The van der Waals surface area contributed by atoms with Gasteiger partial charge in [-0.1, -0.05) is 0 Å². The summed E-state index contributed by atoms with van der Waals surface area (Å²) in [5.74, 6) is -0.114. The third kappa shape index (κ3) is 2.63. The van der Waals surface area contributed by atoms with Crippen LogP contribution < -0.4 is 11.1 Å². The Morgan fingerprint density at radius 2 is 2.35 bits per heavy atom. The number of nitrogen functional groups attached to an aromatic ring is 1. The fraction of sp³-hybridized carbons (Fsp3) is 0.167. The van der Waals surface area contributed by atoms with Crippen LogP contribution in [0.15, 0.2) is 30.7 Å². The summed E-state index contributed by atoms with van der Waals surface area (Å²) in [6.07, 6.45) is 3.26.